The Morgan fingerprint density at radius 2 is 1.66 bits per heavy atom. The van der Waals surface area contributed by atoms with E-state index in [4.69, 9.17) is 11.6 Å². The summed E-state index contributed by atoms with van der Waals surface area (Å²) in [7, 11) is -4.71. The number of hydrogen-bond donors (Lipinski definition) is 1. The molecule has 0 fully saturated rings. The van der Waals surface area contributed by atoms with E-state index in [0.717, 1.165) is 18.3 Å². The molecule has 5 nitrogen and oxygen atoms in total. The van der Waals surface area contributed by atoms with Crippen LogP contribution in [0.4, 0.5) is 26.3 Å². The highest BCUT2D eigenvalue weighted by Crippen LogP contribution is 2.44. The molecule has 0 saturated heterocycles. The first-order valence-electron chi connectivity index (χ1n) is 8.23. The molecule has 1 aromatic heterocycles. The molecular weight excluding hydrogens is 448 g/mol. The summed E-state index contributed by atoms with van der Waals surface area (Å²) in [6.07, 6.45) is -12.3. The highest BCUT2D eigenvalue weighted by Gasteiger charge is 2.50. The van der Waals surface area contributed by atoms with Gasteiger partial charge in [-0.2, -0.15) is 35.7 Å². The van der Waals surface area contributed by atoms with E-state index in [0.29, 0.717) is 4.31 Å². The molecule has 2 unspecified atom stereocenters. The molecule has 1 aliphatic heterocycles. The molecule has 3 rings (SSSR count). The lowest BCUT2D eigenvalue weighted by Crippen LogP contribution is -2.49. The van der Waals surface area contributed by atoms with Crippen molar-refractivity contribution in [2.75, 3.05) is 0 Å². The van der Waals surface area contributed by atoms with Crippen LogP contribution >= 0.6 is 11.6 Å². The van der Waals surface area contributed by atoms with Crippen molar-refractivity contribution >= 4 is 21.6 Å². The Hall–Kier alpha value is -1.79. The SMILES string of the molecule is O=S(=O)(c1ccc(Cl)cc1)N1C(CC(F)(F)F)Cc2[nH]ncc2C1CC(F)(F)F. The first-order chi connectivity index (χ1) is 13.3. The summed E-state index contributed by atoms with van der Waals surface area (Å²) < 4.78 is 106. The predicted octanol–water partition coefficient (Wildman–Crippen LogP) is 4.62. The zero-order valence-electron chi connectivity index (χ0n) is 14.4. The maximum absolute atomic E-state index is 13.2. The highest BCUT2D eigenvalue weighted by molar-refractivity contribution is 7.89. The summed E-state index contributed by atoms with van der Waals surface area (Å²) >= 11 is 5.71. The second-order valence-electron chi connectivity index (χ2n) is 6.61. The van der Waals surface area contributed by atoms with Crippen LogP contribution in [0.1, 0.15) is 30.1 Å². The standard InChI is InChI=1S/C16H14ClF6N3O2S/c17-9-1-3-11(4-2-9)29(27,28)26-10(6-15(18,19)20)5-13-12(8-24-25-13)14(26)7-16(21,22)23/h1-4,8,10,14H,5-7H2,(H,24,25). The summed E-state index contributed by atoms with van der Waals surface area (Å²) in [6, 6.07) is 0.815. The minimum Gasteiger partial charge on any atom is -0.282 e. The number of halogens is 7. The third-order valence-electron chi connectivity index (χ3n) is 4.50. The van der Waals surface area contributed by atoms with Crippen molar-refractivity contribution in [1.82, 2.24) is 14.5 Å². The van der Waals surface area contributed by atoms with Crippen molar-refractivity contribution in [1.29, 1.82) is 0 Å². The molecule has 1 aromatic carbocycles. The Bertz CT molecular complexity index is 972. The van der Waals surface area contributed by atoms with Gasteiger partial charge < -0.3 is 0 Å². The number of alkyl halides is 6. The van der Waals surface area contributed by atoms with Crippen LogP contribution in [0.5, 0.6) is 0 Å². The van der Waals surface area contributed by atoms with Gasteiger partial charge in [0.2, 0.25) is 10.0 Å². The van der Waals surface area contributed by atoms with Crippen molar-refractivity contribution in [3.05, 3.63) is 46.7 Å². The van der Waals surface area contributed by atoms with Gasteiger partial charge in [0.25, 0.3) is 0 Å². The maximum Gasteiger partial charge on any atom is 0.390 e. The first kappa shape index (κ1) is 21.9. The molecule has 160 valence electrons. The van der Waals surface area contributed by atoms with E-state index in [-0.39, 0.29) is 16.3 Å². The predicted molar refractivity (Wildman–Crippen MR) is 90.6 cm³/mol. The van der Waals surface area contributed by atoms with Crippen LogP contribution in [0.25, 0.3) is 0 Å². The number of sulfonamides is 1. The molecule has 0 amide bonds. The van der Waals surface area contributed by atoms with Crippen LogP contribution in [-0.4, -0.2) is 41.3 Å². The quantitative estimate of drug-likeness (QED) is 0.675. The summed E-state index contributed by atoms with van der Waals surface area (Å²) in [4.78, 5) is -0.451. The molecule has 2 aromatic rings. The Morgan fingerprint density at radius 1 is 1.07 bits per heavy atom. The third kappa shape index (κ3) is 4.86. The average Bonchev–Trinajstić information content (AvgIpc) is 3.00. The molecule has 0 radical (unpaired) electrons. The largest absolute Gasteiger partial charge is 0.390 e. The van der Waals surface area contributed by atoms with Crippen molar-refractivity contribution < 1.29 is 34.8 Å². The van der Waals surface area contributed by atoms with Gasteiger partial charge in [0, 0.05) is 28.7 Å². The van der Waals surface area contributed by atoms with Crippen molar-refractivity contribution in [2.45, 2.75) is 48.6 Å². The Kier molecular flexibility index (Phi) is 5.65. The molecule has 1 aliphatic rings. The first-order valence-corrected chi connectivity index (χ1v) is 10.0. The summed E-state index contributed by atoms with van der Waals surface area (Å²) in [6.45, 7) is 0. The van der Waals surface area contributed by atoms with E-state index >= 15 is 0 Å². The Morgan fingerprint density at radius 3 is 2.21 bits per heavy atom. The zero-order valence-corrected chi connectivity index (χ0v) is 16.0. The molecular formula is C16H14ClF6N3O2S. The van der Waals surface area contributed by atoms with Gasteiger partial charge in [0.1, 0.15) is 0 Å². The van der Waals surface area contributed by atoms with Crippen LogP contribution in [-0.2, 0) is 16.4 Å². The van der Waals surface area contributed by atoms with Crippen LogP contribution in [0.2, 0.25) is 5.02 Å². The molecule has 0 aliphatic carbocycles. The fourth-order valence-corrected chi connectivity index (χ4v) is 5.34. The van der Waals surface area contributed by atoms with Gasteiger partial charge in [-0.05, 0) is 24.3 Å². The van der Waals surface area contributed by atoms with E-state index in [1.54, 1.807) is 0 Å². The van der Waals surface area contributed by atoms with Gasteiger partial charge in [-0.15, -0.1) is 0 Å². The van der Waals surface area contributed by atoms with Gasteiger partial charge in [-0.3, -0.25) is 5.10 Å². The van der Waals surface area contributed by atoms with Crippen LogP contribution < -0.4 is 0 Å². The lowest BCUT2D eigenvalue weighted by Gasteiger charge is -2.41. The van der Waals surface area contributed by atoms with Gasteiger partial charge in [0.05, 0.1) is 30.0 Å². The summed E-state index contributed by atoms with van der Waals surface area (Å²) in [5.41, 5.74) is -0.0469. The zero-order chi connectivity index (χ0) is 21.6. The minimum absolute atomic E-state index is 0.0519. The van der Waals surface area contributed by atoms with Gasteiger partial charge in [-0.25, -0.2) is 8.42 Å². The van der Waals surface area contributed by atoms with Crippen molar-refractivity contribution in [2.24, 2.45) is 0 Å². The number of nitrogens with zero attached hydrogens (tertiary/aromatic N) is 2. The van der Waals surface area contributed by atoms with Crippen LogP contribution in [0.3, 0.4) is 0 Å². The molecule has 0 saturated carbocycles. The second-order valence-corrected chi connectivity index (χ2v) is 8.88. The molecule has 2 heterocycles. The van der Waals surface area contributed by atoms with Gasteiger partial charge in [0.15, 0.2) is 0 Å². The number of fused-ring (bicyclic) bond motifs is 1. The maximum atomic E-state index is 13.2. The Labute approximate surface area is 166 Å². The molecule has 2 atom stereocenters. The number of aromatic amines is 1. The third-order valence-corrected chi connectivity index (χ3v) is 6.73. The summed E-state index contributed by atoms with van der Waals surface area (Å²) in [5, 5.41) is 6.15. The van der Waals surface area contributed by atoms with Crippen molar-refractivity contribution in [3.8, 4) is 0 Å². The highest BCUT2D eigenvalue weighted by atomic mass is 35.5. The average molecular weight is 462 g/mol. The normalized spacial score (nSPS) is 21.2. The van der Waals surface area contributed by atoms with E-state index in [1.807, 2.05) is 0 Å². The Balaban J connectivity index is 2.15. The molecule has 0 spiro atoms. The van der Waals surface area contributed by atoms with Gasteiger partial charge in [-0.1, -0.05) is 11.6 Å². The molecule has 0 bridgehead atoms. The van der Waals surface area contributed by atoms with Crippen molar-refractivity contribution in [3.63, 3.8) is 0 Å². The number of aromatic nitrogens is 2. The van der Waals surface area contributed by atoms with Gasteiger partial charge >= 0.3 is 12.4 Å². The van der Waals surface area contributed by atoms with Crippen LogP contribution in [0, 0.1) is 0 Å². The number of hydrogen-bond acceptors (Lipinski definition) is 3. The molecule has 29 heavy (non-hydrogen) atoms. The van der Waals surface area contributed by atoms with E-state index < -0.39 is 58.6 Å². The van der Waals surface area contributed by atoms with E-state index in [9.17, 15) is 34.8 Å². The minimum atomic E-state index is -4.83. The van der Waals surface area contributed by atoms with E-state index in [2.05, 4.69) is 10.2 Å². The number of nitrogens with one attached hydrogen (secondary N) is 1. The number of rotatable bonds is 4. The van der Waals surface area contributed by atoms with E-state index in [1.165, 1.54) is 12.1 Å². The summed E-state index contributed by atoms with van der Waals surface area (Å²) in [5.74, 6) is 0. The monoisotopic (exact) mass is 461 g/mol. The molecule has 1 N–H and O–H groups in total. The smallest absolute Gasteiger partial charge is 0.282 e. The topological polar surface area (TPSA) is 66.1 Å². The fraction of sp³-hybridized carbons (Fsp3) is 0.438. The second kappa shape index (κ2) is 7.47. The van der Waals surface area contributed by atoms with Crippen LogP contribution in [0.15, 0.2) is 35.4 Å². The lowest BCUT2D eigenvalue weighted by molar-refractivity contribution is -0.157. The number of benzene rings is 1. The fourth-order valence-electron chi connectivity index (χ4n) is 3.43. The lowest BCUT2D eigenvalue weighted by atomic mass is 9.92. The molecule has 13 heteroatoms. The number of H-pyrrole nitrogens is 1.